The quantitative estimate of drug-likeness (QED) is 0.621. The van der Waals surface area contributed by atoms with Crippen molar-refractivity contribution in [3.63, 3.8) is 0 Å². The lowest BCUT2D eigenvalue weighted by Gasteiger charge is -2.22. The molecule has 0 aliphatic carbocycles. The summed E-state index contributed by atoms with van der Waals surface area (Å²) in [6.07, 6.45) is 5.60. The number of nitrogens with zero attached hydrogens (tertiary/aromatic N) is 2. The van der Waals surface area contributed by atoms with E-state index in [4.69, 9.17) is 5.11 Å². The Morgan fingerprint density at radius 2 is 1.81 bits per heavy atom. The molecular weight excluding hydrogens is 344 g/mol. The Morgan fingerprint density at radius 1 is 1.15 bits per heavy atom. The van der Waals surface area contributed by atoms with E-state index < -0.39 is 5.97 Å². The molecule has 0 amide bonds. The van der Waals surface area contributed by atoms with Crippen molar-refractivity contribution < 1.29 is 9.90 Å². The highest BCUT2D eigenvalue weighted by atomic mass is 32.2. The van der Waals surface area contributed by atoms with Crippen LogP contribution in [0.25, 0.3) is 0 Å². The molecule has 3 aromatic rings. The molecule has 1 heterocycles. The SMILES string of the molecule is Cc1cc(C)c(C(Cn2ccnc2)Sc2ccc(C(=O)O)cc2)c(C)c1. The van der Waals surface area contributed by atoms with Gasteiger partial charge in [-0.1, -0.05) is 17.7 Å². The fourth-order valence-corrected chi connectivity index (χ4v) is 4.67. The predicted octanol–water partition coefficient (Wildman–Crippen LogP) is 5.04. The van der Waals surface area contributed by atoms with E-state index in [-0.39, 0.29) is 5.25 Å². The van der Waals surface area contributed by atoms with Gasteiger partial charge in [0.2, 0.25) is 0 Å². The van der Waals surface area contributed by atoms with Crippen LogP contribution in [0.2, 0.25) is 0 Å². The molecule has 0 saturated heterocycles. The first-order chi connectivity index (χ1) is 12.4. The number of imidazole rings is 1. The molecule has 1 aromatic heterocycles. The third-order valence-corrected chi connectivity index (χ3v) is 5.59. The minimum Gasteiger partial charge on any atom is -0.478 e. The molecule has 0 bridgehead atoms. The van der Waals surface area contributed by atoms with Crippen LogP contribution in [-0.4, -0.2) is 20.6 Å². The third-order valence-electron chi connectivity index (χ3n) is 4.38. The van der Waals surface area contributed by atoms with Gasteiger partial charge in [0.25, 0.3) is 0 Å². The Kier molecular flexibility index (Phi) is 5.47. The fraction of sp³-hybridized carbons (Fsp3) is 0.238. The second kappa shape index (κ2) is 7.79. The van der Waals surface area contributed by atoms with E-state index in [0.29, 0.717) is 5.56 Å². The van der Waals surface area contributed by atoms with Gasteiger partial charge in [0, 0.05) is 23.8 Å². The molecule has 0 aliphatic rings. The summed E-state index contributed by atoms with van der Waals surface area (Å²) in [7, 11) is 0. The summed E-state index contributed by atoms with van der Waals surface area (Å²) in [5, 5.41) is 9.30. The van der Waals surface area contributed by atoms with E-state index in [9.17, 15) is 4.79 Å². The molecule has 1 atom stereocenters. The molecule has 0 spiro atoms. The number of hydrogen-bond donors (Lipinski definition) is 1. The van der Waals surface area contributed by atoms with Gasteiger partial charge in [0.1, 0.15) is 0 Å². The maximum Gasteiger partial charge on any atom is 0.335 e. The number of carbonyl (C=O) groups is 1. The van der Waals surface area contributed by atoms with Gasteiger partial charge in [-0.2, -0.15) is 0 Å². The van der Waals surface area contributed by atoms with Crippen LogP contribution < -0.4 is 0 Å². The maximum absolute atomic E-state index is 11.1. The highest BCUT2D eigenvalue weighted by Gasteiger charge is 2.19. The Labute approximate surface area is 157 Å². The topological polar surface area (TPSA) is 55.1 Å². The van der Waals surface area contributed by atoms with Gasteiger partial charge in [0.15, 0.2) is 0 Å². The zero-order chi connectivity index (χ0) is 18.7. The summed E-state index contributed by atoms with van der Waals surface area (Å²) < 4.78 is 2.09. The number of carboxylic acid groups (broad SMARTS) is 1. The van der Waals surface area contributed by atoms with Crippen molar-refractivity contribution in [3.8, 4) is 0 Å². The summed E-state index contributed by atoms with van der Waals surface area (Å²) in [6, 6.07) is 11.5. The molecule has 134 valence electrons. The van der Waals surface area contributed by atoms with Gasteiger partial charge in [-0.05, 0) is 61.7 Å². The van der Waals surface area contributed by atoms with Crippen molar-refractivity contribution in [3.05, 3.63) is 82.9 Å². The summed E-state index contributed by atoms with van der Waals surface area (Å²) in [4.78, 5) is 16.3. The van der Waals surface area contributed by atoms with Crippen molar-refractivity contribution in [2.75, 3.05) is 0 Å². The van der Waals surface area contributed by atoms with Gasteiger partial charge >= 0.3 is 5.97 Å². The first kappa shape index (κ1) is 18.3. The van der Waals surface area contributed by atoms with Crippen LogP contribution >= 0.6 is 11.8 Å². The first-order valence-corrected chi connectivity index (χ1v) is 9.35. The zero-order valence-electron chi connectivity index (χ0n) is 15.1. The lowest BCUT2D eigenvalue weighted by Crippen LogP contribution is -2.08. The number of aryl methyl sites for hydroxylation is 3. The lowest BCUT2D eigenvalue weighted by atomic mass is 9.97. The molecule has 0 radical (unpaired) electrons. The second-order valence-corrected chi connectivity index (χ2v) is 7.78. The first-order valence-electron chi connectivity index (χ1n) is 8.47. The molecule has 3 rings (SSSR count). The van der Waals surface area contributed by atoms with Gasteiger partial charge in [-0.15, -0.1) is 11.8 Å². The number of benzene rings is 2. The highest BCUT2D eigenvalue weighted by molar-refractivity contribution is 7.99. The average Bonchev–Trinajstić information content (AvgIpc) is 3.07. The summed E-state index contributed by atoms with van der Waals surface area (Å²) >= 11 is 1.75. The number of hydrogen-bond acceptors (Lipinski definition) is 3. The molecule has 0 saturated carbocycles. The monoisotopic (exact) mass is 366 g/mol. The van der Waals surface area contributed by atoms with Gasteiger partial charge in [-0.25, -0.2) is 9.78 Å². The highest BCUT2D eigenvalue weighted by Crippen LogP contribution is 2.40. The number of carboxylic acids is 1. The minimum absolute atomic E-state index is 0.209. The van der Waals surface area contributed by atoms with E-state index in [2.05, 4.69) is 42.5 Å². The van der Waals surface area contributed by atoms with Crippen molar-refractivity contribution in [1.29, 1.82) is 0 Å². The van der Waals surface area contributed by atoms with Crippen molar-refractivity contribution in [1.82, 2.24) is 9.55 Å². The molecule has 2 aromatic carbocycles. The molecule has 0 fully saturated rings. The van der Waals surface area contributed by atoms with Crippen LogP contribution in [0.15, 0.2) is 60.0 Å². The fourth-order valence-electron chi connectivity index (χ4n) is 3.31. The number of aromatic carboxylic acids is 1. The van der Waals surface area contributed by atoms with Crippen LogP contribution in [0.1, 0.15) is 37.9 Å². The summed E-state index contributed by atoms with van der Waals surface area (Å²) in [5.41, 5.74) is 5.46. The van der Waals surface area contributed by atoms with Crippen molar-refractivity contribution >= 4 is 17.7 Å². The number of aromatic nitrogens is 2. The van der Waals surface area contributed by atoms with Crippen molar-refractivity contribution in [2.24, 2.45) is 0 Å². The van der Waals surface area contributed by atoms with Crippen LogP contribution in [0.5, 0.6) is 0 Å². The lowest BCUT2D eigenvalue weighted by molar-refractivity contribution is 0.0697. The summed E-state index contributed by atoms with van der Waals surface area (Å²) in [6.45, 7) is 7.23. The van der Waals surface area contributed by atoms with Gasteiger partial charge in [0.05, 0.1) is 17.1 Å². The van der Waals surface area contributed by atoms with E-state index in [1.807, 2.05) is 24.7 Å². The van der Waals surface area contributed by atoms with E-state index in [0.717, 1.165) is 11.4 Å². The number of rotatable bonds is 6. The van der Waals surface area contributed by atoms with Crippen LogP contribution in [0.3, 0.4) is 0 Å². The Morgan fingerprint density at radius 3 is 2.35 bits per heavy atom. The molecule has 0 aliphatic heterocycles. The standard InChI is InChI=1S/C21H22N2O2S/c1-14-10-15(2)20(16(3)11-14)19(12-23-9-8-22-13-23)26-18-6-4-17(5-7-18)21(24)25/h4-11,13,19H,12H2,1-3H3,(H,24,25). The van der Waals surface area contributed by atoms with Crippen LogP contribution in [-0.2, 0) is 6.54 Å². The maximum atomic E-state index is 11.1. The summed E-state index contributed by atoms with van der Waals surface area (Å²) in [5.74, 6) is -0.901. The Bertz CT molecular complexity index is 879. The zero-order valence-corrected chi connectivity index (χ0v) is 16.0. The normalized spacial score (nSPS) is 12.1. The Balaban J connectivity index is 1.95. The molecule has 5 heteroatoms. The van der Waals surface area contributed by atoms with E-state index >= 15 is 0 Å². The second-order valence-electron chi connectivity index (χ2n) is 6.51. The smallest absolute Gasteiger partial charge is 0.335 e. The third kappa shape index (κ3) is 4.17. The predicted molar refractivity (Wildman–Crippen MR) is 105 cm³/mol. The Hall–Kier alpha value is -2.53. The molecular formula is C21H22N2O2S. The van der Waals surface area contributed by atoms with Crippen molar-refractivity contribution in [2.45, 2.75) is 37.5 Å². The van der Waals surface area contributed by atoms with Gasteiger partial charge in [-0.3, -0.25) is 0 Å². The van der Waals surface area contributed by atoms with Crippen LogP contribution in [0, 0.1) is 20.8 Å². The van der Waals surface area contributed by atoms with Gasteiger partial charge < -0.3 is 9.67 Å². The largest absolute Gasteiger partial charge is 0.478 e. The molecule has 1 unspecified atom stereocenters. The molecule has 4 nitrogen and oxygen atoms in total. The number of thioether (sulfide) groups is 1. The van der Waals surface area contributed by atoms with E-state index in [1.54, 1.807) is 30.1 Å². The van der Waals surface area contributed by atoms with Crippen LogP contribution in [0.4, 0.5) is 0 Å². The van der Waals surface area contributed by atoms with E-state index in [1.165, 1.54) is 22.3 Å². The minimum atomic E-state index is -0.901. The molecule has 1 N–H and O–H groups in total. The molecule has 26 heavy (non-hydrogen) atoms. The average molecular weight is 366 g/mol.